The molecular weight excluding hydrogens is 297 g/mol. The maximum Gasteiger partial charge on any atom is 0.573 e. The third kappa shape index (κ3) is 4.80. The molecule has 116 valence electrons. The monoisotopic (exact) mass is 309 g/mol. The minimum absolute atomic E-state index is 0.110. The number of aliphatic carboxylic acids is 1. The van der Waals surface area contributed by atoms with Gasteiger partial charge in [-0.1, -0.05) is 36.4 Å². The van der Waals surface area contributed by atoms with E-state index in [1.807, 2.05) is 0 Å². The zero-order chi connectivity index (χ0) is 16.2. The molecule has 0 bridgehead atoms. The van der Waals surface area contributed by atoms with E-state index in [0.29, 0.717) is 17.5 Å². The number of hydrogen-bond donors (Lipinski definition) is 0. The van der Waals surface area contributed by atoms with Crippen molar-refractivity contribution in [2.45, 2.75) is 19.2 Å². The van der Waals surface area contributed by atoms with E-state index in [4.69, 9.17) is 0 Å². The minimum Gasteiger partial charge on any atom is -0.550 e. The van der Waals surface area contributed by atoms with Gasteiger partial charge in [-0.25, -0.2) is 0 Å². The second-order valence-electron chi connectivity index (χ2n) is 4.65. The number of carbonyl (C=O) groups is 1. The first kappa shape index (κ1) is 15.9. The quantitative estimate of drug-likeness (QED) is 0.853. The van der Waals surface area contributed by atoms with Gasteiger partial charge in [0.25, 0.3) is 0 Å². The van der Waals surface area contributed by atoms with Gasteiger partial charge in [-0.05, 0) is 41.7 Å². The molecular formula is C16H12F3O3-. The van der Waals surface area contributed by atoms with Crippen molar-refractivity contribution in [2.75, 3.05) is 0 Å². The van der Waals surface area contributed by atoms with Crippen LogP contribution in [0.1, 0.15) is 12.0 Å². The van der Waals surface area contributed by atoms with Crippen LogP contribution in [0, 0.1) is 0 Å². The SMILES string of the molecule is O=C([O-])CCc1cccc(-c2cccc(OC(F)(F)F)c2)c1. The fraction of sp³-hybridized carbons (Fsp3) is 0.188. The highest BCUT2D eigenvalue weighted by molar-refractivity contribution is 5.67. The number of hydrogen-bond acceptors (Lipinski definition) is 3. The molecule has 0 heterocycles. The highest BCUT2D eigenvalue weighted by atomic mass is 19.4. The summed E-state index contributed by atoms with van der Waals surface area (Å²) in [6.07, 6.45) is -4.55. The van der Waals surface area contributed by atoms with Gasteiger partial charge in [0.2, 0.25) is 0 Å². The lowest BCUT2D eigenvalue weighted by molar-refractivity contribution is -0.305. The molecule has 3 nitrogen and oxygen atoms in total. The Kier molecular flexibility index (Phi) is 4.70. The Morgan fingerprint density at radius 3 is 2.32 bits per heavy atom. The molecule has 0 amide bonds. The molecule has 22 heavy (non-hydrogen) atoms. The van der Waals surface area contributed by atoms with Gasteiger partial charge in [0.05, 0.1) is 0 Å². The Morgan fingerprint density at radius 2 is 1.68 bits per heavy atom. The van der Waals surface area contributed by atoms with Gasteiger partial charge in [-0.3, -0.25) is 0 Å². The number of rotatable bonds is 5. The van der Waals surface area contributed by atoms with E-state index in [2.05, 4.69) is 4.74 Å². The summed E-state index contributed by atoms with van der Waals surface area (Å²) in [5.74, 6) is -1.45. The largest absolute Gasteiger partial charge is 0.573 e. The zero-order valence-electron chi connectivity index (χ0n) is 11.4. The molecule has 0 saturated carbocycles. The lowest BCUT2D eigenvalue weighted by Crippen LogP contribution is -2.22. The molecule has 0 aliphatic carbocycles. The standard InChI is InChI=1S/C16H13F3O3/c17-16(18,19)22-14-6-2-5-13(10-14)12-4-1-3-11(9-12)7-8-15(20)21/h1-6,9-10H,7-8H2,(H,20,21)/p-1. The summed E-state index contributed by atoms with van der Waals surface area (Å²) >= 11 is 0. The van der Waals surface area contributed by atoms with E-state index in [9.17, 15) is 23.1 Å². The summed E-state index contributed by atoms with van der Waals surface area (Å²) in [6, 6.07) is 12.6. The van der Waals surface area contributed by atoms with Crippen LogP contribution < -0.4 is 9.84 Å². The topological polar surface area (TPSA) is 49.4 Å². The average molecular weight is 309 g/mol. The number of alkyl halides is 3. The molecule has 0 N–H and O–H groups in total. The summed E-state index contributed by atoms with van der Waals surface area (Å²) in [4.78, 5) is 10.5. The molecule has 0 aromatic heterocycles. The summed E-state index contributed by atoms with van der Waals surface area (Å²) < 4.78 is 40.6. The number of carboxylic acid groups (broad SMARTS) is 1. The van der Waals surface area contributed by atoms with Crippen LogP contribution in [0.2, 0.25) is 0 Å². The van der Waals surface area contributed by atoms with Crippen molar-refractivity contribution in [3.05, 3.63) is 54.1 Å². The summed E-state index contributed by atoms with van der Waals surface area (Å²) in [7, 11) is 0. The van der Waals surface area contributed by atoms with Crippen LogP contribution in [0.25, 0.3) is 11.1 Å². The van der Waals surface area contributed by atoms with Crippen LogP contribution in [0.5, 0.6) is 5.75 Å². The third-order valence-electron chi connectivity index (χ3n) is 2.95. The highest BCUT2D eigenvalue weighted by Crippen LogP contribution is 2.28. The predicted molar refractivity (Wildman–Crippen MR) is 71.9 cm³/mol. The summed E-state index contributed by atoms with van der Waals surface area (Å²) in [5.41, 5.74) is 2.00. The molecule has 0 fully saturated rings. The molecule has 0 aliphatic heterocycles. The Labute approximate surface area is 125 Å². The van der Waals surface area contributed by atoms with Crippen LogP contribution in [-0.4, -0.2) is 12.3 Å². The molecule has 2 aromatic rings. The van der Waals surface area contributed by atoms with Gasteiger partial charge in [0.1, 0.15) is 5.75 Å². The average Bonchev–Trinajstić information content (AvgIpc) is 2.44. The number of aryl methyl sites for hydroxylation is 1. The van der Waals surface area contributed by atoms with E-state index >= 15 is 0 Å². The Balaban J connectivity index is 2.22. The number of halogens is 3. The van der Waals surface area contributed by atoms with E-state index in [1.165, 1.54) is 18.2 Å². The van der Waals surface area contributed by atoms with Gasteiger partial charge in [0, 0.05) is 5.97 Å². The van der Waals surface area contributed by atoms with Crippen molar-refractivity contribution in [2.24, 2.45) is 0 Å². The Morgan fingerprint density at radius 1 is 1.05 bits per heavy atom. The fourth-order valence-corrected chi connectivity index (χ4v) is 2.03. The first-order valence-corrected chi connectivity index (χ1v) is 6.48. The Bertz CT molecular complexity index is 666. The molecule has 0 spiro atoms. The van der Waals surface area contributed by atoms with Crippen molar-refractivity contribution >= 4 is 5.97 Å². The molecule has 0 unspecified atom stereocenters. The number of carbonyl (C=O) groups excluding carboxylic acids is 1. The first-order chi connectivity index (χ1) is 10.3. The number of carboxylic acids is 1. The lowest BCUT2D eigenvalue weighted by atomic mass is 10.0. The van der Waals surface area contributed by atoms with E-state index in [-0.39, 0.29) is 12.2 Å². The van der Waals surface area contributed by atoms with E-state index in [0.717, 1.165) is 5.56 Å². The molecule has 0 atom stereocenters. The van der Waals surface area contributed by atoms with E-state index < -0.39 is 12.3 Å². The van der Waals surface area contributed by atoms with Gasteiger partial charge in [-0.15, -0.1) is 13.2 Å². The second-order valence-corrected chi connectivity index (χ2v) is 4.65. The number of benzene rings is 2. The van der Waals surface area contributed by atoms with Crippen LogP contribution in [0.15, 0.2) is 48.5 Å². The molecule has 0 saturated heterocycles. The molecule has 0 radical (unpaired) electrons. The van der Waals surface area contributed by atoms with Crippen molar-refractivity contribution in [1.82, 2.24) is 0 Å². The van der Waals surface area contributed by atoms with Gasteiger partial charge < -0.3 is 14.6 Å². The maximum atomic E-state index is 12.2. The molecule has 2 aromatic carbocycles. The van der Waals surface area contributed by atoms with Crippen LogP contribution in [0.3, 0.4) is 0 Å². The van der Waals surface area contributed by atoms with Gasteiger partial charge in [0.15, 0.2) is 0 Å². The molecule has 6 heteroatoms. The van der Waals surface area contributed by atoms with Gasteiger partial charge in [-0.2, -0.15) is 0 Å². The van der Waals surface area contributed by atoms with Crippen LogP contribution in [0.4, 0.5) is 13.2 Å². The maximum absolute atomic E-state index is 12.2. The minimum atomic E-state index is -4.74. The lowest BCUT2D eigenvalue weighted by Gasteiger charge is -2.11. The van der Waals surface area contributed by atoms with Crippen molar-refractivity contribution in [1.29, 1.82) is 0 Å². The number of ether oxygens (including phenoxy) is 1. The van der Waals surface area contributed by atoms with Crippen LogP contribution >= 0.6 is 0 Å². The van der Waals surface area contributed by atoms with Crippen molar-refractivity contribution in [3.63, 3.8) is 0 Å². The summed E-state index contributed by atoms with van der Waals surface area (Å²) in [6.45, 7) is 0. The normalized spacial score (nSPS) is 11.2. The molecule has 0 aliphatic rings. The smallest absolute Gasteiger partial charge is 0.550 e. The van der Waals surface area contributed by atoms with Gasteiger partial charge >= 0.3 is 6.36 Å². The van der Waals surface area contributed by atoms with Crippen molar-refractivity contribution < 1.29 is 27.8 Å². The third-order valence-corrected chi connectivity index (χ3v) is 2.95. The second kappa shape index (κ2) is 6.51. The Hall–Kier alpha value is -2.50. The van der Waals surface area contributed by atoms with Crippen molar-refractivity contribution in [3.8, 4) is 16.9 Å². The van der Waals surface area contributed by atoms with E-state index in [1.54, 1.807) is 30.3 Å². The molecule has 2 rings (SSSR count). The summed E-state index contributed by atoms with van der Waals surface area (Å²) in [5, 5.41) is 10.5. The van der Waals surface area contributed by atoms with Crippen LogP contribution in [-0.2, 0) is 11.2 Å². The predicted octanol–water partition coefficient (Wildman–Crippen LogP) is 2.93. The first-order valence-electron chi connectivity index (χ1n) is 6.48. The highest BCUT2D eigenvalue weighted by Gasteiger charge is 2.31. The zero-order valence-corrected chi connectivity index (χ0v) is 11.4. The fourth-order valence-electron chi connectivity index (χ4n) is 2.03.